The fraction of sp³-hybridized carbons (Fsp3) is 0.273. The van der Waals surface area contributed by atoms with Crippen molar-refractivity contribution in [1.29, 1.82) is 0 Å². The van der Waals surface area contributed by atoms with Gasteiger partial charge in [0.15, 0.2) is 5.78 Å². The van der Waals surface area contributed by atoms with Crippen LogP contribution in [0.25, 0.3) is 0 Å². The van der Waals surface area contributed by atoms with E-state index in [4.69, 9.17) is 4.74 Å². The molecule has 1 fully saturated rings. The van der Waals surface area contributed by atoms with E-state index in [0.717, 1.165) is 28.9 Å². The van der Waals surface area contributed by atoms with E-state index in [1.807, 2.05) is 24.3 Å². The van der Waals surface area contributed by atoms with Crippen LogP contribution in [0.15, 0.2) is 48.5 Å². The fourth-order valence-corrected chi connectivity index (χ4v) is 4.01. The predicted molar refractivity (Wildman–Crippen MR) is 103 cm³/mol. The van der Waals surface area contributed by atoms with E-state index in [0.29, 0.717) is 12.0 Å². The van der Waals surface area contributed by atoms with E-state index in [1.54, 1.807) is 12.1 Å². The summed E-state index contributed by atoms with van der Waals surface area (Å²) in [5.74, 6) is -1.02. The number of fused-ring (bicyclic) bond motifs is 2. The van der Waals surface area contributed by atoms with Gasteiger partial charge in [0.1, 0.15) is 17.8 Å². The summed E-state index contributed by atoms with van der Waals surface area (Å²) in [5, 5.41) is 2.81. The van der Waals surface area contributed by atoms with Crippen molar-refractivity contribution in [2.45, 2.75) is 31.7 Å². The Bertz CT molecular complexity index is 1010. The Morgan fingerprint density at radius 3 is 2.55 bits per heavy atom. The van der Waals surface area contributed by atoms with Gasteiger partial charge in [0, 0.05) is 5.56 Å². The maximum absolute atomic E-state index is 13.2. The molecule has 3 amide bonds. The molecular formula is C22H20N2O5. The summed E-state index contributed by atoms with van der Waals surface area (Å²) >= 11 is 0. The molecule has 1 heterocycles. The molecule has 7 heteroatoms. The first-order valence-electron chi connectivity index (χ1n) is 9.45. The molecular weight excluding hydrogens is 372 g/mol. The van der Waals surface area contributed by atoms with Crippen LogP contribution in [-0.4, -0.2) is 35.1 Å². The summed E-state index contributed by atoms with van der Waals surface area (Å²) in [6.45, 7) is 0.959. The van der Waals surface area contributed by atoms with E-state index >= 15 is 0 Å². The number of esters is 1. The molecule has 2 aromatic carbocycles. The third-order valence-electron chi connectivity index (χ3n) is 5.43. The number of hydrogen-bond acceptors (Lipinski definition) is 5. The number of hydrogen-bond donors (Lipinski definition) is 1. The summed E-state index contributed by atoms with van der Waals surface area (Å²) in [6, 6.07) is 13.1. The molecule has 7 nitrogen and oxygen atoms in total. The highest BCUT2D eigenvalue weighted by Crippen LogP contribution is 2.39. The van der Waals surface area contributed by atoms with Crippen molar-refractivity contribution < 1.29 is 23.9 Å². The molecule has 0 aromatic heterocycles. The number of carbonyl (C=O) groups is 4. The molecule has 0 radical (unpaired) electrons. The maximum Gasteiger partial charge on any atom is 0.331 e. The second kappa shape index (κ2) is 7.16. The molecule has 2 aromatic rings. The number of urea groups is 1. The smallest absolute Gasteiger partial charge is 0.331 e. The van der Waals surface area contributed by atoms with Gasteiger partial charge in [0.05, 0.1) is 0 Å². The van der Waals surface area contributed by atoms with Crippen LogP contribution in [0.5, 0.6) is 5.75 Å². The maximum atomic E-state index is 13.2. The summed E-state index contributed by atoms with van der Waals surface area (Å²) in [4.78, 5) is 50.2. The average molecular weight is 392 g/mol. The Balaban J connectivity index is 1.50. The zero-order chi connectivity index (χ0) is 20.6. The van der Waals surface area contributed by atoms with Gasteiger partial charge < -0.3 is 10.1 Å². The summed E-state index contributed by atoms with van der Waals surface area (Å²) in [5.41, 5.74) is 1.20. The zero-order valence-corrected chi connectivity index (χ0v) is 15.9. The van der Waals surface area contributed by atoms with E-state index in [9.17, 15) is 19.2 Å². The molecule has 29 heavy (non-hydrogen) atoms. The standard InChI is InChI=1S/C22H20N2O5/c1-14(25)15-8-10-17(11-9-15)29-19(26)13-24-20(27)22(23-21(24)28)12-4-6-16-5-2-3-7-18(16)22/h2-3,5,7-11H,4,6,12-13H2,1H3,(H,23,28)/t22-/m1/s1. The second-order valence-corrected chi connectivity index (χ2v) is 7.29. The van der Waals surface area contributed by atoms with Crippen molar-refractivity contribution in [3.8, 4) is 5.75 Å². The molecule has 0 saturated carbocycles. The van der Waals surface area contributed by atoms with Crippen LogP contribution >= 0.6 is 0 Å². The van der Waals surface area contributed by atoms with Crippen LogP contribution in [0.1, 0.15) is 41.3 Å². The monoisotopic (exact) mass is 392 g/mol. The number of aryl methyl sites for hydroxylation is 1. The fourth-order valence-electron chi connectivity index (χ4n) is 4.01. The van der Waals surface area contributed by atoms with Crippen LogP contribution in [0.4, 0.5) is 4.79 Å². The largest absolute Gasteiger partial charge is 0.425 e. The van der Waals surface area contributed by atoms with Gasteiger partial charge in [-0.1, -0.05) is 24.3 Å². The summed E-state index contributed by atoms with van der Waals surface area (Å²) in [7, 11) is 0. The van der Waals surface area contributed by atoms with Crippen LogP contribution in [0, 0.1) is 0 Å². The predicted octanol–water partition coefficient (Wildman–Crippen LogP) is 2.58. The van der Waals surface area contributed by atoms with Crippen LogP contribution < -0.4 is 10.1 Å². The quantitative estimate of drug-likeness (QED) is 0.374. The Morgan fingerprint density at radius 2 is 1.83 bits per heavy atom. The number of rotatable bonds is 4. The van der Waals surface area contributed by atoms with Crippen molar-refractivity contribution in [2.24, 2.45) is 0 Å². The van der Waals surface area contributed by atoms with Crippen molar-refractivity contribution in [1.82, 2.24) is 10.2 Å². The lowest BCUT2D eigenvalue weighted by molar-refractivity contribution is -0.141. The van der Waals surface area contributed by atoms with Gasteiger partial charge >= 0.3 is 12.0 Å². The summed E-state index contributed by atoms with van der Waals surface area (Å²) < 4.78 is 5.23. The first-order valence-corrected chi connectivity index (χ1v) is 9.45. The molecule has 2 aliphatic rings. The van der Waals surface area contributed by atoms with Gasteiger partial charge in [0.2, 0.25) is 0 Å². The lowest BCUT2D eigenvalue weighted by atomic mass is 9.76. The van der Waals surface area contributed by atoms with E-state index in [-0.39, 0.29) is 11.5 Å². The first kappa shape index (κ1) is 18.9. The lowest BCUT2D eigenvalue weighted by Crippen LogP contribution is -2.47. The SMILES string of the molecule is CC(=O)c1ccc(OC(=O)CN2C(=O)N[C@@]3(CCCc4ccccc43)C2=O)cc1. The molecule has 1 aliphatic carbocycles. The van der Waals surface area contributed by atoms with Crippen molar-refractivity contribution in [3.05, 3.63) is 65.2 Å². The minimum absolute atomic E-state index is 0.0970. The Labute approximate surface area is 167 Å². The number of Topliss-reactive ketones (excluding diaryl/α,β-unsaturated/α-hetero) is 1. The Hall–Kier alpha value is -3.48. The highest BCUT2D eigenvalue weighted by atomic mass is 16.5. The molecule has 1 spiro atoms. The number of ether oxygens (including phenoxy) is 1. The van der Waals surface area contributed by atoms with Crippen LogP contribution in [-0.2, 0) is 21.5 Å². The van der Waals surface area contributed by atoms with Gasteiger partial charge in [-0.05, 0) is 61.6 Å². The molecule has 1 aliphatic heterocycles. The number of imide groups is 1. The topological polar surface area (TPSA) is 92.8 Å². The third kappa shape index (κ3) is 3.29. The molecule has 0 unspecified atom stereocenters. The van der Waals surface area contributed by atoms with Gasteiger partial charge in [-0.2, -0.15) is 0 Å². The normalized spacial score (nSPS) is 20.4. The number of amides is 3. The summed E-state index contributed by atoms with van der Waals surface area (Å²) in [6.07, 6.45) is 2.11. The zero-order valence-electron chi connectivity index (χ0n) is 15.9. The van der Waals surface area contributed by atoms with Crippen LogP contribution in [0.3, 0.4) is 0 Å². The third-order valence-corrected chi connectivity index (χ3v) is 5.43. The molecule has 1 N–H and O–H groups in total. The van der Waals surface area contributed by atoms with Gasteiger partial charge in [-0.15, -0.1) is 0 Å². The Kier molecular flexibility index (Phi) is 4.66. The molecule has 1 saturated heterocycles. The number of nitrogens with zero attached hydrogens (tertiary/aromatic N) is 1. The molecule has 1 atom stereocenters. The highest BCUT2D eigenvalue weighted by molar-refractivity contribution is 6.09. The van der Waals surface area contributed by atoms with Gasteiger partial charge in [0.25, 0.3) is 5.91 Å². The minimum Gasteiger partial charge on any atom is -0.425 e. The number of ketones is 1. The average Bonchev–Trinajstić information content (AvgIpc) is 2.93. The highest BCUT2D eigenvalue weighted by Gasteiger charge is 2.54. The van der Waals surface area contributed by atoms with Crippen molar-refractivity contribution in [3.63, 3.8) is 0 Å². The number of nitrogens with one attached hydrogen (secondary N) is 1. The van der Waals surface area contributed by atoms with Gasteiger partial charge in [-0.25, -0.2) is 9.59 Å². The van der Waals surface area contributed by atoms with E-state index in [2.05, 4.69) is 5.32 Å². The molecule has 0 bridgehead atoms. The van der Waals surface area contributed by atoms with Gasteiger partial charge in [-0.3, -0.25) is 14.5 Å². The Morgan fingerprint density at radius 1 is 1.10 bits per heavy atom. The second-order valence-electron chi connectivity index (χ2n) is 7.29. The number of benzene rings is 2. The van der Waals surface area contributed by atoms with Crippen molar-refractivity contribution in [2.75, 3.05) is 6.54 Å². The molecule has 148 valence electrons. The molecule has 4 rings (SSSR count). The lowest BCUT2D eigenvalue weighted by Gasteiger charge is -2.33. The van der Waals surface area contributed by atoms with E-state index < -0.39 is 30.0 Å². The first-order chi connectivity index (χ1) is 13.9. The minimum atomic E-state index is -1.12. The van der Waals surface area contributed by atoms with E-state index in [1.165, 1.54) is 19.1 Å². The van der Waals surface area contributed by atoms with Crippen molar-refractivity contribution >= 4 is 23.7 Å². The number of carbonyl (C=O) groups excluding carboxylic acids is 4. The van der Waals surface area contributed by atoms with Crippen LogP contribution in [0.2, 0.25) is 0 Å².